The Morgan fingerprint density at radius 1 is 1.46 bits per heavy atom. The fourth-order valence-corrected chi connectivity index (χ4v) is 4.38. The highest BCUT2D eigenvalue weighted by molar-refractivity contribution is 7.10. The predicted molar refractivity (Wildman–Crippen MR) is 89.7 cm³/mol. The third kappa shape index (κ3) is 3.45. The van der Waals surface area contributed by atoms with Crippen LogP contribution < -0.4 is 5.73 Å². The van der Waals surface area contributed by atoms with Crippen molar-refractivity contribution >= 4 is 23.2 Å². The van der Waals surface area contributed by atoms with Gasteiger partial charge in [0.1, 0.15) is 6.04 Å². The minimum Gasteiger partial charge on any atom is -0.347 e. The standard InChI is InChI=1S/C17H22N4O2S/c18-10-13-2-1-7-21(13)17(23)14(19)3-4-16(22)20-8-5-12-6-9-24-15(12)11-20/h6,9,13-14H,1-5,7-8,11,19H2/p+1/t13-,14-/m0/s1. The number of carbonyl (C=O) groups is 2. The quantitative estimate of drug-likeness (QED) is 0.861. The third-order valence-corrected chi connectivity index (χ3v) is 5.86. The molecule has 1 aromatic heterocycles. The normalized spacial score (nSPS) is 21.2. The SMILES string of the molecule is N#C[C@@H]1CCCN1C(=O)[C@@H]([NH3+])CCC(=O)N1CCc2ccsc2C1. The molecule has 6 nitrogen and oxygen atoms in total. The molecule has 7 heteroatoms. The number of carbonyl (C=O) groups excluding carboxylic acids is 2. The Balaban J connectivity index is 1.49. The molecule has 2 aliphatic rings. The molecule has 0 saturated carbocycles. The van der Waals surface area contributed by atoms with Crippen molar-refractivity contribution in [3.63, 3.8) is 0 Å². The molecular formula is C17H23N4O2S+. The molecule has 0 radical (unpaired) electrons. The van der Waals surface area contributed by atoms with Crippen LogP contribution in [0.5, 0.6) is 0 Å². The lowest BCUT2D eigenvalue weighted by molar-refractivity contribution is -0.407. The molecule has 128 valence electrons. The number of nitrogens with zero attached hydrogens (tertiary/aromatic N) is 3. The van der Waals surface area contributed by atoms with Gasteiger partial charge in [-0.3, -0.25) is 9.59 Å². The Morgan fingerprint density at radius 3 is 3.08 bits per heavy atom. The summed E-state index contributed by atoms with van der Waals surface area (Å²) >= 11 is 1.70. The van der Waals surface area contributed by atoms with Crippen molar-refractivity contribution in [3.05, 3.63) is 21.9 Å². The van der Waals surface area contributed by atoms with Crippen molar-refractivity contribution in [1.82, 2.24) is 9.80 Å². The van der Waals surface area contributed by atoms with Gasteiger partial charge >= 0.3 is 0 Å². The van der Waals surface area contributed by atoms with Gasteiger partial charge in [0, 0.05) is 30.8 Å². The van der Waals surface area contributed by atoms with Gasteiger partial charge in [-0.05, 0) is 36.3 Å². The number of amides is 2. The maximum atomic E-state index is 12.4. The first-order valence-electron chi connectivity index (χ1n) is 8.46. The summed E-state index contributed by atoms with van der Waals surface area (Å²) in [6.07, 6.45) is 3.30. The number of rotatable bonds is 4. The molecule has 0 bridgehead atoms. The zero-order chi connectivity index (χ0) is 17.1. The van der Waals surface area contributed by atoms with Gasteiger partial charge in [0.15, 0.2) is 6.04 Å². The van der Waals surface area contributed by atoms with Gasteiger partial charge < -0.3 is 15.5 Å². The molecule has 1 fully saturated rings. The topological polar surface area (TPSA) is 92.0 Å². The second-order valence-corrected chi connectivity index (χ2v) is 7.49. The number of thiophene rings is 1. The Labute approximate surface area is 145 Å². The van der Waals surface area contributed by atoms with Crippen molar-refractivity contribution in [2.24, 2.45) is 0 Å². The Hall–Kier alpha value is -1.91. The van der Waals surface area contributed by atoms with Gasteiger partial charge in [0.2, 0.25) is 5.91 Å². The molecule has 1 aromatic rings. The number of hydrogen-bond acceptors (Lipinski definition) is 4. The van der Waals surface area contributed by atoms with Crippen LogP contribution >= 0.6 is 11.3 Å². The number of fused-ring (bicyclic) bond motifs is 1. The van der Waals surface area contributed by atoms with Crippen molar-refractivity contribution < 1.29 is 15.3 Å². The fraction of sp³-hybridized carbons (Fsp3) is 0.588. The van der Waals surface area contributed by atoms with Crippen LogP contribution in [0.3, 0.4) is 0 Å². The van der Waals surface area contributed by atoms with E-state index >= 15 is 0 Å². The van der Waals surface area contributed by atoms with Gasteiger partial charge in [0.05, 0.1) is 12.6 Å². The molecule has 3 N–H and O–H groups in total. The highest BCUT2D eigenvalue weighted by Gasteiger charge is 2.33. The maximum absolute atomic E-state index is 12.4. The van der Waals surface area contributed by atoms with Gasteiger partial charge in [-0.2, -0.15) is 5.26 Å². The van der Waals surface area contributed by atoms with Gasteiger partial charge in [-0.1, -0.05) is 0 Å². The summed E-state index contributed by atoms with van der Waals surface area (Å²) in [5.41, 5.74) is 5.28. The van der Waals surface area contributed by atoms with Crippen molar-refractivity contribution in [1.29, 1.82) is 5.26 Å². The molecule has 0 aliphatic carbocycles. The van der Waals surface area contributed by atoms with E-state index in [1.807, 2.05) is 4.90 Å². The highest BCUT2D eigenvalue weighted by atomic mass is 32.1. The van der Waals surface area contributed by atoms with Crippen LogP contribution in [-0.2, 0) is 22.6 Å². The summed E-state index contributed by atoms with van der Waals surface area (Å²) in [5, 5.41) is 11.2. The molecule has 24 heavy (non-hydrogen) atoms. The van der Waals surface area contributed by atoms with E-state index in [1.54, 1.807) is 16.2 Å². The summed E-state index contributed by atoms with van der Waals surface area (Å²) in [6, 6.07) is 3.53. The van der Waals surface area contributed by atoms with Gasteiger partial charge in [-0.15, -0.1) is 11.3 Å². The largest absolute Gasteiger partial charge is 0.347 e. The second kappa shape index (κ2) is 7.32. The first kappa shape index (κ1) is 16.9. The third-order valence-electron chi connectivity index (χ3n) is 4.92. The average molecular weight is 347 g/mol. The Bertz CT molecular complexity index is 666. The van der Waals surface area contributed by atoms with E-state index in [0.717, 1.165) is 25.8 Å². The summed E-state index contributed by atoms with van der Waals surface area (Å²) < 4.78 is 0. The van der Waals surface area contributed by atoms with E-state index in [0.29, 0.717) is 25.9 Å². The average Bonchev–Trinajstić information content (AvgIpc) is 3.26. The summed E-state index contributed by atoms with van der Waals surface area (Å²) in [4.78, 5) is 29.6. The lowest BCUT2D eigenvalue weighted by Gasteiger charge is -2.27. The second-order valence-electron chi connectivity index (χ2n) is 6.49. The molecule has 0 aromatic carbocycles. The van der Waals surface area contributed by atoms with Crippen LogP contribution in [0, 0.1) is 11.3 Å². The van der Waals surface area contributed by atoms with Gasteiger partial charge in [-0.25, -0.2) is 0 Å². The Kier molecular flexibility index (Phi) is 5.17. The smallest absolute Gasteiger partial charge is 0.281 e. The molecular weight excluding hydrogens is 324 g/mol. The van der Waals surface area contributed by atoms with Gasteiger partial charge in [0.25, 0.3) is 5.91 Å². The molecule has 0 unspecified atom stereocenters. The summed E-state index contributed by atoms with van der Waals surface area (Å²) in [7, 11) is 0. The Morgan fingerprint density at radius 2 is 2.29 bits per heavy atom. The van der Waals surface area contributed by atoms with E-state index in [4.69, 9.17) is 5.26 Å². The highest BCUT2D eigenvalue weighted by Crippen LogP contribution is 2.24. The maximum Gasteiger partial charge on any atom is 0.281 e. The summed E-state index contributed by atoms with van der Waals surface area (Å²) in [6.45, 7) is 2.06. The number of quaternary nitrogens is 1. The number of nitriles is 1. The number of likely N-dealkylation sites (tertiary alicyclic amines) is 1. The fourth-order valence-electron chi connectivity index (χ4n) is 3.43. The van der Waals surface area contributed by atoms with Crippen molar-refractivity contribution in [2.45, 2.75) is 50.7 Å². The first-order valence-corrected chi connectivity index (χ1v) is 9.34. The van der Waals surface area contributed by atoms with E-state index in [-0.39, 0.29) is 17.9 Å². The monoisotopic (exact) mass is 347 g/mol. The van der Waals surface area contributed by atoms with E-state index in [2.05, 4.69) is 23.2 Å². The van der Waals surface area contributed by atoms with E-state index < -0.39 is 6.04 Å². The minimum absolute atomic E-state index is 0.0914. The van der Waals surface area contributed by atoms with Crippen molar-refractivity contribution in [3.8, 4) is 6.07 Å². The molecule has 2 atom stereocenters. The molecule has 1 saturated heterocycles. The van der Waals surface area contributed by atoms with E-state index in [1.165, 1.54) is 10.4 Å². The summed E-state index contributed by atoms with van der Waals surface area (Å²) in [5.74, 6) is -0.000192. The zero-order valence-corrected chi connectivity index (χ0v) is 14.6. The van der Waals surface area contributed by atoms with Crippen LogP contribution in [0.4, 0.5) is 0 Å². The molecule has 3 rings (SSSR count). The van der Waals surface area contributed by atoms with Crippen LogP contribution in [-0.4, -0.2) is 46.8 Å². The molecule has 0 spiro atoms. The lowest BCUT2D eigenvalue weighted by atomic mass is 10.1. The van der Waals surface area contributed by atoms with Crippen LogP contribution in [0.1, 0.15) is 36.1 Å². The van der Waals surface area contributed by atoms with E-state index in [9.17, 15) is 9.59 Å². The predicted octanol–water partition coefficient (Wildman–Crippen LogP) is 0.538. The van der Waals surface area contributed by atoms with Crippen LogP contribution in [0.25, 0.3) is 0 Å². The molecule has 2 amide bonds. The molecule has 2 aliphatic heterocycles. The zero-order valence-electron chi connectivity index (χ0n) is 13.7. The first-order chi connectivity index (χ1) is 11.6. The van der Waals surface area contributed by atoms with Crippen LogP contribution in [0.15, 0.2) is 11.4 Å². The number of hydrogen-bond donors (Lipinski definition) is 1. The minimum atomic E-state index is -0.454. The van der Waals surface area contributed by atoms with Crippen molar-refractivity contribution in [2.75, 3.05) is 13.1 Å². The molecule has 3 heterocycles. The van der Waals surface area contributed by atoms with Crippen LogP contribution in [0.2, 0.25) is 0 Å². The lowest BCUT2D eigenvalue weighted by Crippen LogP contribution is -2.68.